The van der Waals surface area contributed by atoms with Crippen molar-refractivity contribution in [1.29, 1.82) is 0 Å². The Bertz CT molecular complexity index is 1200. The van der Waals surface area contributed by atoms with E-state index in [0.717, 1.165) is 4.88 Å². The number of nitrogens with one attached hydrogen (secondary N) is 2. The standard InChI is InChI=1S/C22H20FN3O3S2/c1-3-29-21(28)16-12(2)24-19-18(17(16)15-9-6-10-30-15)20(27)26-22(25-19)31-11-13-7-4-5-8-14(13)23/h4-10,17H,3,11H2,1-2H3,(H2,24,25,26,27). The van der Waals surface area contributed by atoms with Crippen LogP contribution in [0.1, 0.15) is 35.8 Å². The van der Waals surface area contributed by atoms with E-state index in [1.165, 1.54) is 29.2 Å². The van der Waals surface area contributed by atoms with Gasteiger partial charge < -0.3 is 15.0 Å². The lowest BCUT2D eigenvalue weighted by Gasteiger charge is -2.27. The van der Waals surface area contributed by atoms with E-state index >= 15 is 0 Å². The van der Waals surface area contributed by atoms with Gasteiger partial charge in [-0.15, -0.1) is 11.3 Å². The van der Waals surface area contributed by atoms with Gasteiger partial charge in [-0.3, -0.25) is 4.79 Å². The van der Waals surface area contributed by atoms with E-state index in [2.05, 4.69) is 15.3 Å². The molecule has 0 fully saturated rings. The summed E-state index contributed by atoms with van der Waals surface area (Å²) in [6.07, 6.45) is 0. The van der Waals surface area contributed by atoms with Gasteiger partial charge in [-0.05, 0) is 36.9 Å². The Kier molecular flexibility index (Phi) is 6.24. The van der Waals surface area contributed by atoms with Gasteiger partial charge in [0.2, 0.25) is 0 Å². The number of allylic oxidation sites excluding steroid dienone is 1. The maximum Gasteiger partial charge on any atom is 0.336 e. The Hall–Kier alpha value is -2.91. The molecule has 160 valence electrons. The molecule has 1 aromatic carbocycles. The zero-order valence-electron chi connectivity index (χ0n) is 16.9. The Morgan fingerprint density at radius 2 is 2.10 bits per heavy atom. The van der Waals surface area contributed by atoms with Gasteiger partial charge in [0.05, 0.1) is 23.7 Å². The predicted octanol–water partition coefficient (Wildman–Crippen LogP) is 4.66. The molecule has 6 nitrogen and oxygen atoms in total. The number of aromatic nitrogens is 2. The number of anilines is 1. The average molecular weight is 458 g/mol. The first kappa shape index (κ1) is 21.3. The normalized spacial score (nSPS) is 15.4. The summed E-state index contributed by atoms with van der Waals surface area (Å²) in [7, 11) is 0. The zero-order valence-corrected chi connectivity index (χ0v) is 18.5. The molecule has 1 unspecified atom stereocenters. The van der Waals surface area contributed by atoms with E-state index in [4.69, 9.17) is 4.74 Å². The topological polar surface area (TPSA) is 84.1 Å². The van der Waals surface area contributed by atoms with E-state index in [-0.39, 0.29) is 18.0 Å². The summed E-state index contributed by atoms with van der Waals surface area (Å²) in [5, 5.41) is 5.37. The molecule has 2 N–H and O–H groups in total. The number of esters is 1. The maximum atomic E-state index is 13.9. The van der Waals surface area contributed by atoms with Gasteiger partial charge in [0.15, 0.2) is 5.16 Å². The van der Waals surface area contributed by atoms with Gasteiger partial charge in [0.25, 0.3) is 5.56 Å². The first-order chi connectivity index (χ1) is 15.0. The summed E-state index contributed by atoms with van der Waals surface area (Å²) >= 11 is 2.70. The van der Waals surface area contributed by atoms with E-state index in [1.807, 2.05) is 17.5 Å². The molecule has 0 saturated carbocycles. The van der Waals surface area contributed by atoms with Gasteiger partial charge in [-0.25, -0.2) is 14.2 Å². The predicted molar refractivity (Wildman–Crippen MR) is 120 cm³/mol. The van der Waals surface area contributed by atoms with Crippen molar-refractivity contribution < 1.29 is 13.9 Å². The number of benzene rings is 1. The van der Waals surface area contributed by atoms with Crippen LogP contribution in [-0.2, 0) is 15.3 Å². The maximum absolute atomic E-state index is 13.9. The molecule has 0 amide bonds. The fourth-order valence-electron chi connectivity index (χ4n) is 3.48. The minimum atomic E-state index is -0.572. The number of carbonyl (C=O) groups excluding carboxylic acids is 1. The average Bonchev–Trinajstić information content (AvgIpc) is 3.27. The van der Waals surface area contributed by atoms with E-state index in [0.29, 0.717) is 39.1 Å². The van der Waals surface area contributed by atoms with Gasteiger partial charge in [-0.2, -0.15) is 0 Å². The molecule has 9 heteroatoms. The highest BCUT2D eigenvalue weighted by Gasteiger charge is 2.36. The fourth-order valence-corrected chi connectivity index (χ4v) is 5.17. The van der Waals surface area contributed by atoms with Crippen molar-refractivity contribution in [1.82, 2.24) is 9.97 Å². The summed E-state index contributed by atoms with van der Waals surface area (Å²) < 4.78 is 19.2. The monoisotopic (exact) mass is 457 g/mol. The molecular formula is C22H20FN3O3S2. The van der Waals surface area contributed by atoms with Crippen LogP contribution >= 0.6 is 23.1 Å². The number of ether oxygens (including phenoxy) is 1. The molecule has 0 bridgehead atoms. The number of nitrogens with zero attached hydrogens (tertiary/aromatic N) is 1. The van der Waals surface area contributed by atoms with Gasteiger partial charge in [-0.1, -0.05) is 36.0 Å². The summed E-state index contributed by atoms with van der Waals surface area (Å²) in [4.78, 5) is 34.0. The number of aromatic amines is 1. The first-order valence-electron chi connectivity index (χ1n) is 9.68. The number of thioether (sulfide) groups is 1. The lowest BCUT2D eigenvalue weighted by Crippen LogP contribution is -2.30. The van der Waals surface area contributed by atoms with Gasteiger partial charge >= 0.3 is 5.97 Å². The Labute approximate surface area is 186 Å². The summed E-state index contributed by atoms with van der Waals surface area (Å²) in [5.74, 6) is -0.620. The second-order valence-corrected chi connectivity index (χ2v) is 8.79. The zero-order chi connectivity index (χ0) is 22.0. The van der Waals surface area contributed by atoms with Crippen LogP contribution in [0.5, 0.6) is 0 Å². The van der Waals surface area contributed by atoms with E-state index < -0.39 is 11.9 Å². The highest BCUT2D eigenvalue weighted by atomic mass is 32.2. The molecule has 1 atom stereocenters. The Morgan fingerprint density at radius 1 is 1.29 bits per heavy atom. The van der Waals surface area contributed by atoms with Crippen molar-refractivity contribution in [2.24, 2.45) is 0 Å². The summed E-state index contributed by atoms with van der Waals surface area (Å²) in [5.41, 5.74) is 1.54. The van der Waals surface area contributed by atoms with Crippen LogP contribution in [0.25, 0.3) is 0 Å². The third-order valence-electron chi connectivity index (χ3n) is 4.87. The van der Waals surface area contributed by atoms with Crippen LogP contribution in [-0.4, -0.2) is 22.5 Å². The van der Waals surface area contributed by atoms with Crippen LogP contribution < -0.4 is 10.9 Å². The quantitative estimate of drug-likeness (QED) is 0.318. The molecule has 4 rings (SSSR count). The van der Waals surface area contributed by atoms with Crippen molar-refractivity contribution in [3.8, 4) is 0 Å². The van der Waals surface area contributed by atoms with Crippen molar-refractivity contribution in [2.45, 2.75) is 30.7 Å². The van der Waals surface area contributed by atoms with Crippen LogP contribution in [0.15, 0.2) is 63.0 Å². The molecule has 0 spiro atoms. The SMILES string of the molecule is CCOC(=O)C1=C(C)Nc2nc(SCc3ccccc3F)[nH]c(=O)c2C1c1cccs1. The first-order valence-corrected chi connectivity index (χ1v) is 11.5. The lowest BCUT2D eigenvalue weighted by molar-refractivity contribution is -0.138. The fraction of sp³-hybridized carbons (Fsp3) is 0.227. The van der Waals surface area contributed by atoms with Crippen molar-refractivity contribution in [3.05, 3.63) is 85.2 Å². The molecule has 0 aliphatic carbocycles. The largest absolute Gasteiger partial charge is 0.463 e. The molecule has 31 heavy (non-hydrogen) atoms. The molecule has 3 heterocycles. The highest BCUT2D eigenvalue weighted by Crippen LogP contribution is 2.41. The molecular weight excluding hydrogens is 437 g/mol. The highest BCUT2D eigenvalue weighted by molar-refractivity contribution is 7.98. The van der Waals surface area contributed by atoms with Crippen molar-refractivity contribution in [3.63, 3.8) is 0 Å². The van der Waals surface area contributed by atoms with Crippen LogP contribution in [0.2, 0.25) is 0 Å². The van der Waals surface area contributed by atoms with Crippen LogP contribution in [0.3, 0.4) is 0 Å². The van der Waals surface area contributed by atoms with E-state index in [1.54, 1.807) is 32.0 Å². The van der Waals surface area contributed by atoms with Gasteiger partial charge in [0, 0.05) is 16.3 Å². The second-order valence-electron chi connectivity index (χ2n) is 6.85. The molecule has 0 saturated heterocycles. The Morgan fingerprint density at radius 3 is 2.81 bits per heavy atom. The number of fused-ring (bicyclic) bond motifs is 1. The van der Waals surface area contributed by atoms with Crippen molar-refractivity contribution >= 4 is 34.9 Å². The van der Waals surface area contributed by atoms with Gasteiger partial charge in [0.1, 0.15) is 11.6 Å². The lowest BCUT2D eigenvalue weighted by atomic mass is 9.86. The van der Waals surface area contributed by atoms with Crippen molar-refractivity contribution in [2.75, 3.05) is 11.9 Å². The minimum absolute atomic E-state index is 0.236. The number of H-pyrrole nitrogens is 1. The number of thiophene rings is 1. The third kappa shape index (κ3) is 4.28. The molecule has 2 aromatic heterocycles. The molecule has 1 aliphatic rings. The molecule has 0 radical (unpaired) electrons. The number of hydrogen-bond donors (Lipinski definition) is 2. The minimum Gasteiger partial charge on any atom is -0.463 e. The smallest absolute Gasteiger partial charge is 0.336 e. The van der Waals surface area contributed by atoms with Crippen LogP contribution in [0.4, 0.5) is 10.2 Å². The van der Waals surface area contributed by atoms with E-state index in [9.17, 15) is 14.0 Å². The summed E-state index contributed by atoms with van der Waals surface area (Å²) in [6, 6.07) is 10.3. The number of rotatable bonds is 6. The molecule has 1 aliphatic heterocycles. The molecule has 3 aromatic rings. The number of carbonyl (C=O) groups is 1. The second kappa shape index (κ2) is 9.07. The van der Waals surface area contributed by atoms with Crippen LogP contribution in [0, 0.1) is 5.82 Å². The Balaban J connectivity index is 1.73. The summed E-state index contributed by atoms with van der Waals surface area (Å²) in [6.45, 7) is 3.75. The third-order valence-corrected chi connectivity index (χ3v) is 6.73. The number of halogens is 1. The number of hydrogen-bond acceptors (Lipinski definition) is 7.